The van der Waals surface area contributed by atoms with Gasteiger partial charge < -0.3 is 15.0 Å². The molecular weight excluding hydrogens is 655 g/mol. The molecule has 0 radical (unpaired) electrons. The zero-order chi connectivity index (χ0) is 34.6. The molecule has 2 saturated carbocycles. The molecule has 264 valence electrons. The van der Waals surface area contributed by atoms with Crippen molar-refractivity contribution in [2.75, 3.05) is 29.9 Å². The predicted octanol–water partition coefficient (Wildman–Crippen LogP) is 5.88. The minimum atomic E-state index is -4.26. The smallest absolute Gasteiger partial charge is 0.281 e. The number of fused-ring (bicyclic) bond motifs is 6. The van der Waals surface area contributed by atoms with Crippen LogP contribution in [0.1, 0.15) is 88.4 Å². The number of pyridine rings is 2. The molecule has 49 heavy (non-hydrogen) atoms. The molecule has 2 N–H and O–H groups in total. The van der Waals surface area contributed by atoms with Gasteiger partial charge in [-0.15, -0.1) is 5.10 Å². The Morgan fingerprint density at radius 3 is 2.61 bits per heavy atom. The SMILES string of the molecule is CC1(C)C[C@@H]2CCCNc3cccc(n3)S(=O)(=O)NC(=O)c3cc([Si](C)(C)C)c(-n4ccc(OCCC5CCCCC56CC6)n4)nc3N1C2. The minimum Gasteiger partial charge on any atom is -0.477 e. The Balaban J connectivity index is 1.25. The molecule has 3 aromatic heterocycles. The van der Waals surface area contributed by atoms with Gasteiger partial charge in [0.2, 0.25) is 5.88 Å². The van der Waals surface area contributed by atoms with E-state index in [0.717, 1.165) is 36.8 Å². The lowest BCUT2D eigenvalue weighted by Gasteiger charge is -2.35. The number of rotatable bonds is 6. The topological polar surface area (TPSA) is 131 Å². The van der Waals surface area contributed by atoms with Gasteiger partial charge in [-0.2, -0.15) is 8.42 Å². The average Bonchev–Trinajstić information content (AvgIpc) is 3.52. The minimum absolute atomic E-state index is 0.209. The normalized spacial score (nSPS) is 24.3. The zero-order valence-corrected chi connectivity index (χ0v) is 31.4. The maximum absolute atomic E-state index is 14.1. The number of nitrogens with zero attached hydrogens (tertiary/aromatic N) is 5. The van der Waals surface area contributed by atoms with Crippen LogP contribution in [-0.4, -0.2) is 67.4 Å². The first kappa shape index (κ1) is 34.0. The van der Waals surface area contributed by atoms with E-state index >= 15 is 0 Å². The van der Waals surface area contributed by atoms with Gasteiger partial charge in [0, 0.05) is 30.9 Å². The standard InChI is InChI=1S/C36H51N7O4SSi/c1-35(2)23-25-10-9-19-37-29-12-8-13-31(38-29)48(45,46)41-34(44)27-22-28(49(3,4)5)33(39-32(27)42(35)24-25)43-20-14-30(40-43)47-21-15-26-11-6-7-16-36(26)17-18-36/h8,12-14,20,22,25-26H,6-7,9-11,15-19,21,23-24H2,1-5H3,(H,37,38)(H,41,44)/t25-,26?/m0/s1. The summed E-state index contributed by atoms with van der Waals surface area (Å²) in [5.74, 6) is 2.56. The van der Waals surface area contributed by atoms with E-state index in [0.29, 0.717) is 54.4 Å². The van der Waals surface area contributed by atoms with Gasteiger partial charge in [0.05, 0.1) is 20.2 Å². The summed E-state index contributed by atoms with van der Waals surface area (Å²) >= 11 is 0. The van der Waals surface area contributed by atoms with Crippen LogP contribution >= 0.6 is 0 Å². The van der Waals surface area contributed by atoms with Gasteiger partial charge in [-0.05, 0) is 106 Å². The Labute approximate surface area is 291 Å². The van der Waals surface area contributed by atoms with Crippen molar-refractivity contribution in [1.82, 2.24) is 24.5 Å². The zero-order valence-electron chi connectivity index (χ0n) is 29.6. The number of amides is 1. The van der Waals surface area contributed by atoms with Gasteiger partial charge in [-0.1, -0.05) is 38.5 Å². The third-order valence-corrected chi connectivity index (χ3v) is 14.5. The van der Waals surface area contributed by atoms with Crippen molar-refractivity contribution in [3.8, 4) is 11.7 Å². The molecule has 2 aliphatic carbocycles. The first-order chi connectivity index (χ1) is 23.2. The molecule has 7 rings (SSSR count). The maximum atomic E-state index is 14.1. The Kier molecular flexibility index (Phi) is 8.82. The van der Waals surface area contributed by atoms with E-state index in [-0.39, 0.29) is 16.1 Å². The number of sulfonamides is 1. The Hall–Kier alpha value is -3.45. The van der Waals surface area contributed by atoms with Gasteiger partial charge in [0.25, 0.3) is 15.9 Å². The van der Waals surface area contributed by atoms with Gasteiger partial charge in [-0.3, -0.25) is 4.79 Å². The lowest BCUT2D eigenvalue weighted by molar-refractivity contribution is 0.0981. The fourth-order valence-electron chi connectivity index (χ4n) is 8.50. The summed E-state index contributed by atoms with van der Waals surface area (Å²) in [6, 6.07) is 8.53. The number of ether oxygens (including phenoxy) is 1. The molecule has 3 aromatic rings. The largest absolute Gasteiger partial charge is 0.477 e. The predicted molar refractivity (Wildman–Crippen MR) is 194 cm³/mol. The lowest BCUT2D eigenvalue weighted by Crippen LogP contribution is -2.45. The summed E-state index contributed by atoms with van der Waals surface area (Å²) in [7, 11) is -6.43. The molecular formula is C36H51N7O4SSi. The van der Waals surface area contributed by atoms with Crippen LogP contribution in [0.15, 0.2) is 41.6 Å². The van der Waals surface area contributed by atoms with Crippen molar-refractivity contribution in [1.29, 1.82) is 0 Å². The highest BCUT2D eigenvalue weighted by molar-refractivity contribution is 7.90. The van der Waals surface area contributed by atoms with Crippen LogP contribution in [0.4, 0.5) is 11.6 Å². The Bertz CT molecular complexity index is 1830. The fraction of sp³-hybridized carbons (Fsp3) is 0.611. The van der Waals surface area contributed by atoms with Gasteiger partial charge in [0.1, 0.15) is 11.6 Å². The molecule has 4 bridgehead atoms. The maximum Gasteiger partial charge on any atom is 0.281 e. The number of hydrogen-bond acceptors (Lipinski definition) is 9. The number of carbonyl (C=O) groups excluding carboxylic acids is 1. The van der Waals surface area contributed by atoms with Crippen molar-refractivity contribution in [2.24, 2.45) is 17.3 Å². The molecule has 2 atom stereocenters. The van der Waals surface area contributed by atoms with Crippen LogP contribution in [0.25, 0.3) is 5.82 Å². The highest BCUT2D eigenvalue weighted by atomic mass is 32.2. The van der Waals surface area contributed by atoms with Crippen LogP contribution in [0, 0.1) is 17.3 Å². The third-order valence-electron chi connectivity index (χ3n) is 11.3. The summed E-state index contributed by atoms with van der Waals surface area (Å²) in [6.45, 7) is 13.0. The highest BCUT2D eigenvalue weighted by Gasteiger charge is 2.49. The molecule has 3 fully saturated rings. The molecule has 1 unspecified atom stereocenters. The van der Waals surface area contributed by atoms with Crippen LogP contribution in [0.3, 0.4) is 0 Å². The molecule has 2 aliphatic heterocycles. The van der Waals surface area contributed by atoms with Crippen LogP contribution in [-0.2, 0) is 10.0 Å². The van der Waals surface area contributed by atoms with E-state index < -0.39 is 24.0 Å². The first-order valence-electron chi connectivity index (χ1n) is 18.0. The lowest BCUT2D eigenvalue weighted by atomic mass is 9.75. The monoisotopic (exact) mass is 705 g/mol. The molecule has 4 aliphatic rings. The second kappa shape index (κ2) is 12.7. The van der Waals surface area contributed by atoms with Crippen molar-refractivity contribution in [2.45, 2.75) is 108 Å². The van der Waals surface area contributed by atoms with Crippen molar-refractivity contribution < 1.29 is 17.9 Å². The van der Waals surface area contributed by atoms with Crippen molar-refractivity contribution in [3.63, 3.8) is 0 Å². The van der Waals surface area contributed by atoms with Crippen LogP contribution in [0.5, 0.6) is 5.88 Å². The van der Waals surface area contributed by atoms with E-state index in [1.807, 2.05) is 18.3 Å². The Morgan fingerprint density at radius 2 is 1.84 bits per heavy atom. The second-order valence-corrected chi connectivity index (χ2v) is 23.0. The molecule has 5 heterocycles. The van der Waals surface area contributed by atoms with E-state index in [9.17, 15) is 13.2 Å². The average molecular weight is 706 g/mol. The number of nitrogens with one attached hydrogen (secondary N) is 2. The quantitative estimate of drug-likeness (QED) is 0.302. The van der Waals surface area contributed by atoms with Crippen molar-refractivity contribution in [3.05, 3.63) is 42.1 Å². The molecule has 11 nitrogen and oxygen atoms in total. The van der Waals surface area contributed by atoms with E-state index in [1.165, 1.54) is 44.6 Å². The summed E-state index contributed by atoms with van der Waals surface area (Å²) in [4.78, 5) is 25.9. The summed E-state index contributed by atoms with van der Waals surface area (Å²) in [5.41, 5.74) is 0.514. The van der Waals surface area contributed by atoms with E-state index in [2.05, 4.69) is 53.4 Å². The summed E-state index contributed by atoms with van der Waals surface area (Å²) < 4.78 is 37.4. The molecule has 13 heteroatoms. The molecule has 0 aromatic carbocycles. The molecule has 1 saturated heterocycles. The van der Waals surface area contributed by atoms with Crippen LogP contribution in [0.2, 0.25) is 19.6 Å². The number of carbonyl (C=O) groups is 1. The number of hydrogen-bond donors (Lipinski definition) is 2. The number of aromatic nitrogens is 4. The van der Waals surface area contributed by atoms with Crippen molar-refractivity contribution >= 4 is 40.8 Å². The summed E-state index contributed by atoms with van der Waals surface area (Å²) in [6.07, 6.45) is 13.9. The highest BCUT2D eigenvalue weighted by Crippen LogP contribution is 2.60. The van der Waals surface area contributed by atoms with Gasteiger partial charge in [0.15, 0.2) is 10.8 Å². The first-order valence-corrected chi connectivity index (χ1v) is 23.0. The third kappa shape index (κ3) is 6.97. The Morgan fingerprint density at radius 1 is 1.02 bits per heavy atom. The second-order valence-electron chi connectivity index (χ2n) is 16.4. The van der Waals surface area contributed by atoms with Gasteiger partial charge >= 0.3 is 0 Å². The molecule has 1 spiro atoms. The van der Waals surface area contributed by atoms with E-state index in [4.69, 9.17) is 14.8 Å². The van der Waals surface area contributed by atoms with E-state index in [1.54, 1.807) is 16.8 Å². The van der Waals surface area contributed by atoms with Gasteiger partial charge in [-0.25, -0.2) is 19.4 Å². The summed E-state index contributed by atoms with van der Waals surface area (Å²) in [5, 5.41) is 8.80. The number of anilines is 2. The molecule has 1 amide bonds. The fourth-order valence-corrected chi connectivity index (χ4v) is 10.9. The van der Waals surface area contributed by atoms with Crippen LogP contribution < -0.4 is 24.9 Å².